The van der Waals surface area contributed by atoms with Gasteiger partial charge in [0.05, 0.1) is 5.41 Å². The maximum absolute atomic E-state index is 12.2. The molecular formula is C21H21N3O. The lowest BCUT2D eigenvalue weighted by Crippen LogP contribution is -2.24. The molecule has 4 nitrogen and oxygen atoms in total. The fourth-order valence-electron chi connectivity index (χ4n) is 4.04. The maximum atomic E-state index is 12.2. The first-order chi connectivity index (χ1) is 12.0. The lowest BCUT2D eigenvalue weighted by Gasteiger charge is -2.07. The number of carbonyl (C=O) groups excluding carboxylic acids is 1. The van der Waals surface area contributed by atoms with Gasteiger partial charge in [-0.1, -0.05) is 54.6 Å². The molecule has 1 aliphatic rings. The SMILES string of the molecule is Cn1ccnc1-c1ccc([C@H]2[C@H](c3ccccc3)[C@@]2(C)C(N)=O)cc1. The minimum atomic E-state index is -0.536. The molecule has 3 atom stereocenters. The highest BCUT2D eigenvalue weighted by Crippen LogP contribution is 2.69. The van der Waals surface area contributed by atoms with E-state index in [9.17, 15) is 4.79 Å². The molecule has 0 unspecified atom stereocenters. The molecule has 1 saturated carbocycles. The summed E-state index contributed by atoms with van der Waals surface area (Å²) in [5, 5.41) is 0. The molecule has 0 aliphatic heterocycles. The number of hydrogen-bond donors (Lipinski definition) is 1. The zero-order valence-electron chi connectivity index (χ0n) is 14.4. The topological polar surface area (TPSA) is 60.9 Å². The second-order valence-electron chi connectivity index (χ2n) is 7.00. The van der Waals surface area contributed by atoms with Crippen molar-refractivity contribution in [2.75, 3.05) is 0 Å². The Kier molecular flexibility index (Phi) is 3.49. The minimum absolute atomic E-state index is 0.114. The van der Waals surface area contributed by atoms with Crippen LogP contribution in [0.1, 0.15) is 29.9 Å². The van der Waals surface area contributed by atoms with E-state index >= 15 is 0 Å². The molecule has 2 N–H and O–H groups in total. The van der Waals surface area contributed by atoms with E-state index in [1.165, 1.54) is 5.56 Å². The van der Waals surface area contributed by atoms with Crippen molar-refractivity contribution < 1.29 is 4.79 Å². The standard InChI is InChI=1S/C21H21N3O/c1-21(20(22)25)17(14-6-4-3-5-7-14)18(21)15-8-10-16(11-9-15)19-23-12-13-24(19)2/h3-13,17-18H,1-2H3,(H2,22,25)/t17-,18-,21+/m0/s1. The van der Waals surface area contributed by atoms with Crippen molar-refractivity contribution in [3.63, 3.8) is 0 Å². The van der Waals surface area contributed by atoms with E-state index in [-0.39, 0.29) is 17.7 Å². The second-order valence-corrected chi connectivity index (χ2v) is 7.00. The smallest absolute Gasteiger partial charge is 0.224 e. The summed E-state index contributed by atoms with van der Waals surface area (Å²) in [6.07, 6.45) is 3.72. The van der Waals surface area contributed by atoms with Crippen LogP contribution < -0.4 is 5.73 Å². The van der Waals surface area contributed by atoms with Crippen molar-refractivity contribution in [1.29, 1.82) is 0 Å². The van der Waals surface area contributed by atoms with E-state index in [4.69, 9.17) is 5.73 Å². The summed E-state index contributed by atoms with van der Waals surface area (Å²) in [4.78, 5) is 16.5. The zero-order valence-corrected chi connectivity index (χ0v) is 14.4. The van der Waals surface area contributed by atoms with Gasteiger partial charge in [0.15, 0.2) is 0 Å². The Balaban J connectivity index is 1.69. The Morgan fingerprint density at radius 1 is 1.04 bits per heavy atom. The summed E-state index contributed by atoms with van der Waals surface area (Å²) < 4.78 is 1.99. The van der Waals surface area contributed by atoms with Crippen molar-refractivity contribution >= 4 is 5.91 Å². The average Bonchev–Trinajstić information content (AvgIpc) is 3.05. The van der Waals surface area contributed by atoms with Crippen LogP contribution in [0.15, 0.2) is 67.0 Å². The Morgan fingerprint density at radius 3 is 2.16 bits per heavy atom. The molecule has 0 spiro atoms. The van der Waals surface area contributed by atoms with Gasteiger partial charge in [0, 0.05) is 36.8 Å². The van der Waals surface area contributed by atoms with Gasteiger partial charge >= 0.3 is 0 Å². The van der Waals surface area contributed by atoms with Gasteiger partial charge in [0.2, 0.25) is 5.91 Å². The van der Waals surface area contributed by atoms with Gasteiger partial charge in [-0.15, -0.1) is 0 Å². The van der Waals surface area contributed by atoms with E-state index in [2.05, 4.69) is 41.4 Å². The van der Waals surface area contributed by atoms with E-state index in [0.717, 1.165) is 17.0 Å². The van der Waals surface area contributed by atoms with Crippen molar-refractivity contribution in [3.05, 3.63) is 78.1 Å². The van der Waals surface area contributed by atoms with Gasteiger partial charge in [0.25, 0.3) is 0 Å². The Labute approximate surface area is 147 Å². The third-order valence-electron chi connectivity index (χ3n) is 5.56. The molecule has 1 aromatic heterocycles. The number of amides is 1. The first-order valence-corrected chi connectivity index (χ1v) is 8.46. The van der Waals surface area contributed by atoms with E-state index in [1.54, 1.807) is 6.20 Å². The second kappa shape index (κ2) is 5.59. The molecular weight excluding hydrogens is 310 g/mol. The Hall–Kier alpha value is -2.88. The third-order valence-corrected chi connectivity index (χ3v) is 5.56. The van der Waals surface area contributed by atoms with Crippen molar-refractivity contribution in [3.8, 4) is 11.4 Å². The lowest BCUT2D eigenvalue weighted by atomic mass is 9.99. The molecule has 126 valence electrons. The number of nitrogens with two attached hydrogens (primary N) is 1. The summed E-state index contributed by atoms with van der Waals surface area (Å²) >= 11 is 0. The molecule has 25 heavy (non-hydrogen) atoms. The van der Waals surface area contributed by atoms with E-state index in [0.29, 0.717) is 0 Å². The zero-order chi connectivity index (χ0) is 17.6. The molecule has 0 radical (unpaired) electrons. The van der Waals surface area contributed by atoms with Gasteiger partial charge in [-0.05, 0) is 18.1 Å². The summed E-state index contributed by atoms with van der Waals surface area (Å²) in [6.45, 7) is 1.98. The van der Waals surface area contributed by atoms with Crippen LogP contribution in [0.4, 0.5) is 0 Å². The highest BCUT2D eigenvalue weighted by atomic mass is 16.1. The number of carbonyl (C=O) groups is 1. The number of rotatable bonds is 4. The van der Waals surface area contributed by atoms with Crippen LogP contribution in [0.2, 0.25) is 0 Å². The number of imidazole rings is 1. The van der Waals surface area contributed by atoms with Crippen LogP contribution in [0.25, 0.3) is 11.4 Å². The fourth-order valence-corrected chi connectivity index (χ4v) is 4.04. The average molecular weight is 331 g/mol. The van der Waals surface area contributed by atoms with Crippen molar-refractivity contribution in [1.82, 2.24) is 9.55 Å². The van der Waals surface area contributed by atoms with Crippen LogP contribution in [0.3, 0.4) is 0 Å². The van der Waals surface area contributed by atoms with Gasteiger partial charge in [-0.25, -0.2) is 4.98 Å². The van der Waals surface area contributed by atoms with Crippen molar-refractivity contribution in [2.24, 2.45) is 18.2 Å². The molecule has 0 bridgehead atoms. The summed E-state index contributed by atoms with van der Waals surface area (Å²) in [5.74, 6) is 0.937. The molecule has 1 fully saturated rings. The number of nitrogens with zero attached hydrogens (tertiary/aromatic N) is 2. The van der Waals surface area contributed by atoms with Gasteiger partial charge < -0.3 is 10.3 Å². The molecule has 4 heteroatoms. The Bertz CT molecular complexity index is 914. The van der Waals surface area contributed by atoms with Crippen LogP contribution in [-0.2, 0) is 11.8 Å². The summed E-state index contributed by atoms with van der Waals surface area (Å²) in [5.41, 5.74) is 8.61. The quantitative estimate of drug-likeness (QED) is 0.796. The van der Waals surface area contributed by atoms with Crippen LogP contribution in [0, 0.1) is 5.41 Å². The predicted molar refractivity (Wildman–Crippen MR) is 97.9 cm³/mol. The maximum Gasteiger partial charge on any atom is 0.224 e. The lowest BCUT2D eigenvalue weighted by molar-refractivity contribution is -0.122. The molecule has 1 amide bonds. The molecule has 2 aromatic carbocycles. The number of aryl methyl sites for hydroxylation is 1. The highest BCUT2D eigenvalue weighted by molar-refractivity contribution is 5.88. The van der Waals surface area contributed by atoms with Crippen LogP contribution in [-0.4, -0.2) is 15.5 Å². The Morgan fingerprint density at radius 2 is 1.64 bits per heavy atom. The monoisotopic (exact) mass is 331 g/mol. The molecule has 1 heterocycles. The first kappa shape index (κ1) is 15.6. The first-order valence-electron chi connectivity index (χ1n) is 8.46. The number of aromatic nitrogens is 2. The largest absolute Gasteiger partial charge is 0.369 e. The van der Waals surface area contributed by atoms with Gasteiger partial charge in [-0.3, -0.25) is 4.79 Å². The minimum Gasteiger partial charge on any atom is -0.369 e. The highest BCUT2D eigenvalue weighted by Gasteiger charge is 2.66. The van der Waals surface area contributed by atoms with Gasteiger partial charge in [-0.2, -0.15) is 0 Å². The normalized spacial score (nSPS) is 24.9. The molecule has 4 rings (SSSR count). The number of primary amides is 1. The van der Waals surface area contributed by atoms with Crippen LogP contribution in [0.5, 0.6) is 0 Å². The number of benzene rings is 2. The molecule has 0 saturated heterocycles. The fraction of sp³-hybridized carbons (Fsp3) is 0.238. The van der Waals surface area contributed by atoms with Crippen LogP contribution >= 0.6 is 0 Å². The summed E-state index contributed by atoms with van der Waals surface area (Å²) in [6, 6.07) is 18.5. The van der Waals surface area contributed by atoms with E-state index < -0.39 is 5.41 Å². The van der Waals surface area contributed by atoms with E-state index in [1.807, 2.05) is 42.9 Å². The third kappa shape index (κ3) is 2.37. The van der Waals surface area contributed by atoms with Crippen molar-refractivity contribution in [2.45, 2.75) is 18.8 Å². The summed E-state index contributed by atoms with van der Waals surface area (Å²) in [7, 11) is 1.98. The predicted octanol–water partition coefficient (Wildman–Crippen LogP) is 3.46. The molecule has 3 aromatic rings. The molecule has 1 aliphatic carbocycles. The van der Waals surface area contributed by atoms with Gasteiger partial charge in [0.1, 0.15) is 5.82 Å². The number of hydrogen-bond acceptors (Lipinski definition) is 2.